The number of aliphatic hydroxyl groups excluding tert-OH is 3. The van der Waals surface area contributed by atoms with Crippen molar-refractivity contribution in [1.82, 2.24) is 5.32 Å². The standard InChI is InChI=1S/C7H13NO5/c1-3-4(10)5(11)6(12)7(13-3)8-2-9/h2-7,10-12H,1H3,(H,8,9)/t3-,4-,5+,6+,7?/m0/s1. The Morgan fingerprint density at radius 3 is 2.38 bits per heavy atom. The molecule has 1 rings (SSSR count). The van der Waals surface area contributed by atoms with Crippen molar-refractivity contribution in [3.05, 3.63) is 0 Å². The van der Waals surface area contributed by atoms with E-state index >= 15 is 0 Å². The Hall–Kier alpha value is -0.690. The number of rotatable bonds is 2. The van der Waals surface area contributed by atoms with Crippen LogP contribution in [0.25, 0.3) is 0 Å². The number of aliphatic hydroxyl groups is 3. The van der Waals surface area contributed by atoms with Crippen molar-refractivity contribution in [3.8, 4) is 0 Å². The summed E-state index contributed by atoms with van der Waals surface area (Å²) in [6, 6.07) is 0. The average molecular weight is 191 g/mol. The molecular formula is C7H13NO5. The molecule has 0 radical (unpaired) electrons. The van der Waals surface area contributed by atoms with Crippen LogP contribution in [-0.2, 0) is 9.53 Å². The van der Waals surface area contributed by atoms with E-state index in [1.165, 1.54) is 0 Å². The molecule has 1 saturated heterocycles. The van der Waals surface area contributed by atoms with Crippen LogP contribution < -0.4 is 5.32 Å². The van der Waals surface area contributed by atoms with Crippen molar-refractivity contribution < 1.29 is 24.9 Å². The Morgan fingerprint density at radius 2 is 1.85 bits per heavy atom. The number of carbonyl (C=O) groups is 1. The number of nitrogens with one attached hydrogen (secondary N) is 1. The zero-order valence-electron chi connectivity index (χ0n) is 7.12. The fraction of sp³-hybridized carbons (Fsp3) is 0.857. The summed E-state index contributed by atoms with van der Waals surface area (Å²) < 4.78 is 5.02. The highest BCUT2D eigenvalue weighted by Crippen LogP contribution is 2.18. The minimum atomic E-state index is -1.31. The second-order valence-corrected chi connectivity index (χ2v) is 3.02. The Balaban J connectivity index is 2.64. The van der Waals surface area contributed by atoms with Crippen LogP contribution in [-0.4, -0.2) is 52.4 Å². The van der Waals surface area contributed by atoms with Gasteiger partial charge in [0, 0.05) is 0 Å². The van der Waals surface area contributed by atoms with Crippen molar-refractivity contribution in [2.24, 2.45) is 0 Å². The van der Waals surface area contributed by atoms with Gasteiger partial charge in [-0.05, 0) is 6.92 Å². The normalized spacial score (nSPS) is 45.7. The smallest absolute Gasteiger partial charge is 0.209 e. The number of hydrogen-bond donors (Lipinski definition) is 4. The molecule has 6 heteroatoms. The molecule has 1 aliphatic rings. The van der Waals surface area contributed by atoms with Crippen LogP contribution >= 0.6 is 0 Å². The van der Waals surface area contributed by atoms with Gasteiger partial charge in [-0.2, -0.15) is 0 Å². The number of amides is 1. The molecule has 1 amide bonds. The molecule has 0 bridgehead atoms. The van der Waals surface area contributed by atoms with Crippen LogP contribution in [0.4, 0.5) is 0 Å². The summed E-state index contributed by atoms with van der Waals surface area (Å²) in [6.07, 6.45) is -4.98. The second-order valence-electron chi connectivity index (χ2n) is 3.02. The van der Waals surface area contributed by atoms with Crippen LogP contribution in [0.2, 0.25) is 0 Å². The molecule has 4 N–H and O–H groups in total. The maximum Gasteiger partial charge on any atom is 0.209 e. The fourth-order valence-electron chi connectivity index (χ4n) is 1.26. The van der Waals surface area contributed by atoms with Crippen molar-refractivity contribution in [3.63, 3.8) is 0 Å². The van der Waals surface area contributed by atoms with E-state index in [2.05, 4.69) is 5.32 Å². The number of carbonyl (C=O) groups excluding carboxylic acids is 1. The minimum absolute atomic E-state index is 0.366. The summed E-state index contributed by atoms with van der Waals surface area (Å²) in [5.41, 5.74) is 0. The molecule has 13 heavy (non-hydrogen) atoms. The molecule has 1 fully saturated rings. The van der Waals surface area contributed by atoms with Gasteiger partial charge in [0.15, 0.2) is 6.23 Å². The van der Waals surface area contributed by atoms with Gasteiger partial charge in [-0.15, -0.1) is 0 Å². The van der Waals surface area contributed by atoms with E-state index in [0.717, 1.165) is 0 Å². The van der Waals surface area contributed by atoms with Crippen molar-refractivity contribution in [2.75, 3.05) is 0 Å². The third-order valence-corrected chi connectivity index (χ3v) is 2.08. The first kappa shape index (κ1) is 10.4. The summed E-state index contributed by atoms with van der Waals surface area (Å²) in [6.45, 7) is 1.54. The van der Waals surface area contributed by atoms with Gasteiger partial charge in [-0.1, -0.05) is 0 Å². The molecule has 0 saturated carbocycles. The minimum Gasteiger partial charge on any atom is -0.388 e. The van der Waals surface area contributed by atoms with Crippen LogP contribution in [0.15, 0.2) is 0 Å². The molecule has 1 unspecified atom stereocenters. The Kier molecular flexibility index (Phi) is 3.21. The molecular weight excluding hydrogens is 178 g/mol. The monoisotopic (exact) mass is 191 g/mol. The zero-order valence-corrected chi connectivity index (χ0v) is 7.12. The maximum absolute atomic E-state index is 10.1. The Morgan fingerprint density at radius 1 is 1.23 bits per heavy atom. The van der Waals surface area contributed by atoms with E-state index in [1.54, 1.807) is 6.92 Å². The lowest BCUT2D eigenvalue weighted by atomic mass is 9.99. The van der Waals surface area contributed by atoms with Gasteiger partial charge in [0.1, 0.15) is 18.3 Å². The summed E-state index contributed by atoms with van der Waals surface area (Å²) in [7, 11) is 0. The zero-order chi connectivity index (χ0) is 10.0. The maximum atomic E-state index is 10.1. The van der Waals surface area contributed by atoms with Crippen LogP contribution in [0, 0.1) is 0 Å². The average Bonchev–Trinajstić information content (AvgIpc) is 2.11. The second kappa shape index (κ2) is 4.01. The molecule has 0 aliphatic carbocycles. The van der Waals surface area contributed by atoms with Gasteiger partial charge in [0.2, 0.25) is 6.41 Å². The summed E-state index contributed by atoms with van der Waals surface area (Å²) in [5.74, 6) is 0. The Labute approximate surface area is 75.1 Å². The van der Waals surface area contributed by atoms with Gasteiger partial charge in [-0.3, -0.25) is 4.79 Å². The number of hydrogen-bond acceptors (Lipinski definition) is 5. The summed E-state index contributed by atoms with van der Waals surface area (Å²) >= 11 is 0. The predicted molar refractivity (Wildman–Crippen MR) is 41.6 cm³/mol. The third-order valence-electron chi connectivity index (χ3n) is 2.08. The van der Waals surface area contributed by atoms with E-state index in [1.807, 2.05) is 0 Å². The molecule has 1 aliphatic heterocycles. The van der Waals surface area contributed by atoms with Crippen molar-refractivity contribution in [2.45, 2.75) is 37.6 Å². The molecule has 1 heterocycles. The first-order chi connectivity index (χ1) is 6.07. The van der Waals surface area contributed by atoms with Gasteiger partial charge >= 0.3 is 0 Å². The van der Waals surface area contributed by atoms with Gasteiger partial charge < -0.3 is 25.4 Å². The van der Waals surface area contributed by atoms with E-state index in [4.69, 9.17) is 4.74 Å². The van der Waals surface area contributed by atoms with Crippen molar-refractivity contribution in [1.29, 1.82) is 0 Å². The van der Waals surface area contributed by atoms with Gasteiger partial charge in [-0.25, -0.2) is 0 Å². The molecule has 0 aromatic rings. The molecule has 0 spiro atoms. The lowest BCUT2D eigenvalue weighted by molar-refractivity contribution is -0.223. The lowest BCUT2D eigenvalue weighted by Gasteiger charge is -2.38. The van der Waals surface area contributed by atoms with Gasteiger partial charge in [0.25, 0.3) is 0 Å². The van der Waals surface area contributed by atoms with Crippen molar-refractivity contribution >= 4 is 6.41 Å². The van der Waals surface area contributed by atoms with Crippen LogP contribution in [0.1, 0.15) is 6.92 Å². The van der Waals surface area contributed by atoms with Crippen LogP contribution in [0.5, 0.6) is 0 Å². The lowest BCUT2D eigenvalue weighted by Crippen LogP contribution is -2.60. The highest BCUT2D eigenvalue weighted by Gasteiger charge is 2.41. The SMILES string of the molecule is C[C@@H]1OC(NC=O)[C@H](O)[C@H](O)[C@H]1O. The molecule has 6 nitrogen and oxygen atoms in total. The molecule has 0 aromatic heterocycles. The van der Waals surface area contributed by atoms with Crippen LogP contribution in [0.3, 0.4) is 0 Å². The van der Waals surface area contributed by atoms with E-state index in [0.29, 0.717) is 6.41 Å². The first-order valence-electron chi connectivity index (χ1n) is 3.97. The van der Waals surface area contributed by atoms with Gasteiger partial charge in [0.05, 0.1) is 6.10 Å². The summed E-state index contributed by atoms with van der Waals surface area (Å²) in [5, 5.41) is 30.0. The molecule has 76 valence electrons. The topological polar surface area (TPSA) is 99.0 Å². The molecule has 0 aromatic carbocycles. The summed E-state index contributed by atoms with van der Waals surface area (Å²) in [4.78, 5) is 10.1. The van der Waals surface area contributed by atoms with E-state index in [9.17, 15) is 20.1 Å². The number of ether oxygens (including phenoxy) is 1. The highest BCUT2D eigenvalue weighted by molar-refractivity contribution is 5.46. The molecule has 5 atom stereocenters. The predicted octanol–water partition coefficient (Wildman–Crippen LogP) is -2.44. The van der Waals surface area contributed by atoms with E-state index in [-0.39, 0.29) is 0 Å². The first-order valence-corrected chi connectivity index (χ1v) is 3.97. The highest BCUT2D eigenvalue weighted by atomic mass is 16.5. The third kappa shape index (κ3) is 1.97. The largest absolute Gasteiger partial charge is 0.388 e. The fourth-order valence-corrected chi connectivity index (χ4v) is 1.26. The van der Waals surface area contributed by atoms with E-state index < -0.39 is 30.6 Å². The Bertz CT molecular complexity index is 188. The quantitative estimate of drug-likeness (QED) is 0.363.